The molecule has 1 aromatic carbocycles. The first-order valence-corrected chi connectivity index (χ1v) is 6.95. The van der Waals surface area contributed by atoms with Gasteiger partial charge in [0.1, 0.15) is 5.82 Å². The maximum atomic E-state index is 6.34. The summed E-state index contributed by atoms with van der Waals surface area (Å²) in [6.45, 7) is 5.86. The van der Waals surface area contributed by atoms with Crippen LogP contribution >= 0.6 is 0 Å². The molecule has 4 nitrogen and oxygen atoms in total. The lowest BCUT2D eigenvalue weighted by Gasteiger charge is -2.22. The summed E-state index contributed by atoms with van der Waals surface area (Å²) in [6.07, 6.45) is 3.79. The Kier molecular flexibility index (Phi) is 4.57. The zero-order chi connectivity index (χ0) is 14.7. The highest BCUT2D eigenvalue weighted by molar-refractivity contribution is 5.32. The predicted octanol–water partition coefficient (Wildman–Crippen LogP) is 2.17. The van der Waals surface area contributed by atoms with Crippen LogP contribution in [0.5, 0.6) is 0 Å². The van der Waals surface area contributed by atoms with Crippen LogP contribution in [0.15, 0.2) is 30.6 Å². The normalized spacial score (nSPS) is 12.9. The van der Waals surface area contributed by atoms with Crippen molar-refractivity contribution >= 4 is 0 Å². The van der Waals surface area contributed by atoms with Crippen LogP contribution in [0.1, 0.15) is 28.6 Å². The summed E-state index contributed by atoms with van der Waals surface area (Å²) >= 11 is 0. The molecular weight excluding hydrogens is 248 g/mol. The molecule has 0 radical (unpaired) electrons. The van der Waals surface area contributed by atoms with Crippen LogP contribution in [-0.2, 0) is 13.6 Å². The second-order valence-corrected chi connectivity index (χ2v) is 5.62. The molecule has 0 fully saturated rings. The van der Waals surface area contributed by atoms with E-state index in [1.165, 1.54) is 16.7 Å². The fourth-order valence-corrected chi connectivity index (χ4v) is 2.53. The molecule has 1 heterocycles. The first-order valence-electron chi connectivity index (χ1n) is 6.95. The number of likely N-dealkylation sites (N-methyl/N-ethyl adjacent to an activating group) is 1. The Hall–Kier alpha value is -1.65. The molecule has 1 atom stereocenters. The number of imidazole rings is 1. The summed E-state index contributed by atoms with van der Waals surface area (Å²) in [5.41, 5.74) is 10.1. The van der Waals surface area contributed by atoms with E-state index in [0.717, 1.165) is 18.9 Å². The largest absolute Gasteiger partial charge is 0.337 e. The quantitative estimate of drug-likeness (QED) is 0.907. The molecule has 20 heavy (non-hydrogen) atoms. The second kappa shape index (κ2) is 6.20. The van der Waals surface area contributed by atoms with E-state index in [1.807, 2.05) is 24.0 Å². The van der Waals surface area contributed by atoms with Crippen molar-refractivity contribution < 1.29 is 0 Å². The van der Waals surface area contributed by atoms with Crippen molar-refractivity contribution in [2.75, 3.05) is 13.6 Å². The van der Waals surface area contributed by atoms with Crippen molar-refractivity contribution in [3.8, 4) is 0 Å². The minimum atomic E-state index is 0.0286. The third kappa shape index (κ3) is 3.46. The molecule has 1 aromatic heterocycles. The molecule has 2 rings (SSSR count). The Bertz CT molecular complexity index is 574. The summed E-state index contributed by atoms with van der Waals surface area (Å²) in [6, 6.07) is 6.49. The molecule has 108 valence electrons. The average Bonchev–Trinajstić information content (AvgIpc) is 2.74. The summed E-state index contributed by atoms with van der Waals surface area (Å²) < 4.78 is 2.04. The molecular formula is C16H24N4. The number of hydrogen-bond acceptors (Lipinski definition) is 3. The second-order valence-electron chi connectivity index (χ2n) is 5.62. The smallest absolute Gasteiger partial charge is 0.122 e. The van der Waals surface area contributed by atoms with Crippen molar-refractivity contribution in [2.24, 2.45) is 12.8 Å². The van der Waals surface area contributed by atoms with Gasteiger partial charge >= 0.3 is 0 Å². The van der Waals surface area contributed by atoms with E-state index in [4.69, 9.17) is 5.73 Å². The van der Waals surface area contributed by atoms with Gasteiger partial charge in [-0.3, -0.25) is 4.90 Å². The predicted molar refractivity (Wildman–Crippen MR) is 82.4 cm³/mol. The van der Waals surface area contributed by atoms with Gasteiger partial charge in [0.05, 0.1) is 6.54 Å². The highest BCUT2D eigenvalue weighted by Gasteiger charge is 2.13. The highest BCUT2D eigenvalue weighted by Crippen LogP contribution is 2.18. The van der Waals surface area contributed by atoms with Crippen LogP contribution < -0.4 is 5.73 Å². The monoisotopic (exact) mass is 272 g/mol. The summed E-state index contributed by atoms with van der Waals surface area (Å²) in [5, 5.41) is 0. The fraction of sp³-hybridized carbons (Fsp3) is 0.438. The van der Waals surface area contributed by atoms with Crippen LogP contribution in [0.2, 0.25) is 0 Å². The van der Waals surface area contributed by atoms with Crippen LogP contribution in [-0.4, -0.2) is 28.0 Å². The lowest BCUT2D eigenvalue weighted by Crippen LogP contribution is -2.30. The summed E-state index contributed by atoms with van der Waals surface area (Å²) in [5.74, 6) is 1.06. The van der Waals surface area contributed by atoms with Gasteiger partial charge in [-0.05, 0) is 32.0 Å². The summed E-state index contributed by atoms with van der Waals surface area (Å²) in [7, 11) is 4.10. The Morgan fingerprint density at radius 3 is 2.70 bits per heavy atom. The van der Waals surface area contributed by atoms with Gasteiger partial charge in [-0.2, -0.15) is 0 Å². The molecule has 0 aliphatic heterocycles. The van der Waals surface area contributed by atoms with Crippen molar-refractivity contribution in [3.63, 3.8) is 0 Å². The first kappa shape index (κ1) is 14.8. The van der Waals surface area contributed by atoms with Gasteiger partial charge in [-0.15, -0.1) is 0 Å². The maximum absolute atomic E-state index is 6.34. The van der Waals surface area contributed by atoms with Crippen molar-refractivity contribution in [3.05, 3.63) is 53.1 Å². The molecule has 0 amide bonds. The zero-order valence-corrected chi connectivity index (χ0v) is 12.8. The number of aromatic nitrogens is 2. The minimum Gasteiger partial charge on any atom is -0.337 e. The maximum Gasteiger partial charge on any atom is 0.122 e. The lowest BCUT2D eigenvalue weighted by atomic mass is 9.99. The first-order chi connectivity index (χ1) is 9.47. The van der Waals surface area contributed by atoms with Crippen LogP contribution in [0.4, 0.5) is 0 Å². The highest BCUT2D eigenvalue weighted by atomic mass is 15.2. The number of rotatable bonds is 5. The standard InChI is InChI=1S/C16H24N4/c1-12-5-6-14(13(2)9-12)15(17)10-19(3)11-16-18-7-8-20(16)4/h5-9,15H,10-11,17H2,1-4H3. The van der Waals surface area contributed by atoms with Crippen LogP contribution in [0.25, 0.3) is 0 Å². The van der Waals surface area contributed by atoms with E-state index in [-0.39, 0.29) is 6.04 Å². The zero-order valence-electron chi connectivity index (χ0n) is 12.8. The molecule has 0 aliphatic carbocycles. The van der Waals surface area contributed by atoms with E-state index in [9.17, 15) is 0 Å². The van der Waals surface area contributed by atoms with E-state index >= 15 is 0 Å². The van der Waals surface area contributed by atoms with E-state index in [2.05, 4.69) is 49.0 Å². The summed E-state index contributed by atoms with van der Waals surface area (Å²) in [4.78, 5) is 6.56. The molecule has 2 aromatic rings. The van der Waals surface area contributed by atoms with Gasteiger partial charge in [-0.25, -0.2) is 4.98 Å². The van der Waals surface area contributed by atoms with Gasteiger partial charge in [0.25, 0.3) is 0 Å². The van der Waals surface area contributed by atoms with Crippen molar-refractivity contribution in [2.45, 2.75) is 26.4 Å². The van der Waals surface area contributed by atoms with Crippen LogP contribution in [0, 0.1) is 13.8 Å². The van der Waals surface area contributed by atoms with Gasteiger partial charge < -0.3 is 10.3 Å². The van der Waals surface area contributed by atoms with E-state index < -0.39 is 0 Å². The third-order valence-corrected chi connectivity index (χ3v) is 3.67. The Morgan fingerprint density at radius 1 is 1.35 bits per heavy atom. The van der Waals surface area contributed by atoms with E-state index in [0.29, 0.717) is 0 Å². The lowest BCUT2D eigenvalue weighted by molar-refractivity contribution is 0.294. The molecule has 0 spiro atoms. The SMILES string of the molecule is Cc1ccc(C(N)CN(C)Cc2nccn2C)c(C)c1. The number of aryl methyl sites for hydroxylation is 3. The van der Waals surface area contributed by atoms with Crippen molar-refractivity contribution in [1.29, 1.82) is 0 Å². The van der Waals surface area contributed by atoms with Gasteiger partial charge in [0, 0.05) is 32.0 Å². The molecule has 0 saturated heterocycles. The molecule has 2 N–H and O–H groups in total. The van der Waals surface area contributed by atoms with Gasteiger partial charge in [0.15, 0.2) is 0 Å². The van der Waals surface area contributed by atoms with Gasteiger partial charge in [0.2, 0.25) is 0 Å². The number of nitrogens with zero attached hydrogens (tertiary/aromatic N) is 3. The van der Waals surface area contributed by atoms with Gasteiger partial charge in [-0.1, -0.05) is 23.8 Å². The molecule has 0 bridgehead atoms. The third-order valence-electron chi connectivity index (χ3n) is 3.67. The Morgan fingerprint density at radius 2 is 2.10 bits per heavy atom. The Labute approximate surface area is 121 Å². The number of hydrogen-bond donors (Lipinski definition) is 1. The molecule has 0 saturated carbocycles. The molecule has 0 aliphatic rings. The average molecular weight is 272 g/mol. The number of nitrogens with two attached hydrogens (primary N) is 1. The van der Waals surface area contributed by atoms with Crippen molar-refractivity contribution in [1.82, 2.24) is 14.5 Å². The Balaban J connectivity index is 2.00. The van der Waals surface area contributed by atoms with E-state index in [1.54, 1.807) is 0 Å². The topological polar surface area (TPSA) is 47.1 Å². The molecule has 1 unspecified atom stereocenters. The molecule has 4 heteroatoms. The number of benzene rings is 1. The minimum absolute atomic E-state index is 0.0286. The van der Waals surface area contributed by atoms with Crippen LogP contribution in [0.3, 0.4) is 0 Å². The fourth-order valence-electron chi connectivity index (χ4n) is 2.53.